The van der Waals surface area contributed by atoms with Gasteiger partial charge in [0.15, 0.2) is 0 Å². The van der Waals surface area contributed by atoms with Crippen LogP contribution in [0.2, 0.25) is 0 Å². The molecule has 0 spiro atoms. The summed E-state index contributed by atoms with van der Waals surface area (Å²) in [6.45, 7) is 5.27. The second-order valence-electron chi connectivity index (χ2n) is 6.66. The lowest BCUT2D eigenvalue weighted by molar-refractivity contribution is -0.140. The molecule has 1 fully saturated rings. The molecule has 1 saturated heterocycles. The van der Waals surface area contributed by atoms with Gasteiger partial charge in [-0.2, -0.15) is 0 Å². The van der Waals surface area contributed by atoms with E-state index in [2.05, 4.69) is 5.32 Å². The van der Waals surface area contributed by atoms with E-state index in [0.29, 0.717) is 13.0 Å². The number of hydrogen-bond acceptors (Lipinski definition) is 3. The second kappa shape index (κ2) is 8.71. The fraction of sp³-hybridized carbons (Fsp3) is 0.579. The molecule has 1 aliphatic heterocycles. The summed E-state index contributed by atoms with van der Waals surface area (Å²) in [5, 5.41) is 2.91. The van der Waals surface area contributed by atoms with Crippen LogP contribution in [0.25, 0.3) is 0 Å². The van der Waals surface area contributed by atoms with Crippen molar-refractivity contribution in [1.29, 1.82) is 0 Å². The lowest BCUT2D eigenvalue weighted by Crippen LogP contribution is -2.41. The molecule has 24 heavy (non-hydrogen) atoms. The molecule has 0 saturated carbocycles. The number of ether oxygens (including phenoxy) is 1. The third kappa shape index (κ3) is 5.25. The third-order valence-corrected chi connectivity index (χ3v) is 4.24. The Morgan fingerprint density at radius 2 is 2.00 bits per heavy atom. The lowest BCUT2D eigenvalue weighted by Gasteiger charge is -2.19. The topological polar surface area (TPSA) is 58.6 Å². The van der Waals surface area contributed by atoms with Gasteiger partial charge in [-0.05, 0) is 50.8 Å². The zero-order valence-corrected chi connectivity index (χ0v) is 14.9. The van der Waals surface area contributed by atoms with E-state index < -0.39 is 5.92 Å². The highest BCUT2D eigenvalue weighted by atomic mass is 16.5. The highest BCUT2D eigenvalue weighted by Crippen LogP contribution is 2.17. The van der Waals surface area contributed by atoms with E-state index in [1.165, 1.54) is 0 Å². The first kappa shape index (κ1) is 18.3. The van der Waals surface area contributed by atoms with Gasteiger partial charge < -0.3 is 15.0 Å². The molecule has 1 atom stereocenters. The lowest BCUT2D eigenvalue weighted by atomic mass is 10.0. The van der Waals surface area contributed by atoms with Crippen molar-refractivity contribution in [3.05, 3.63) is 29.8 Å². The maximum Gasteiger partial charge on any atom is 0.234 e. The average Bonchev–Trinajstić information content (AvgIpc) is 2.70. The number of carbonyl (C=O) groups excluding carboxylic acids is 2. The molecule has 1 aromatic rings. The predicted octanol–water partition coefficient (Wildman–Crippen LogP) is 2.39. The van der Waals surface area contributed by atoms with Gasteiger partial charge in [0.05, 0.1) is 6.10 Å². The van der Waals surface area contributed by atoms with Gasteiger partial charge >= 0.3 is 0 Å². The number of hydrogen-bond donors (Lipinski definition) is 1. The first-order valence-electron chi connectivity index (χ1n) is 8.75. The van der Waals surface area contributed by atoms with Crippen LogP contribution in [0.4, 0.5) is 0 Å². The Bertz CT molecular complexity index is 554. The van der Waals surface area contributed by atoms with Crippen LogP contribution in [0.3, 0.4) is 0 Å². The molecule has 5 heteroatoms. The molecule has 132 valence electrons. The van der Waals surface area contributed by atoms with Crippen LogP contribution in [0.5, 0.6) is 5.75 Å². The minimum Gasteiger partial charge on any atom is -0.491 e. The summed E-state index contributed by atoms with van der Waals surface area (Å²) in [4.78, 5) is 26.2. The summed E-state index contributed by atoms with van der Waals surface area (Å²) in [5.41, 5.74) is 1.13. The summed E-state index contributed by atoms with van der Waals surface area (Å²) in [6, 6.07) is 7.91. The van der Waals surface area contributed by atoms with E-state index in [-0.39, 0.29) is 17.9 Å². The summed E-state index contributed by atoms with van der Waals surface area (Å²) in [7, 11) is 1.77. The van der Waals surface area contributed by atoms with Gasteiger partial charge in [0.25, 0.3) is 0 Å². The standard InChI is InChI=1S/C19H28N2O3/c1-14(2)24-16-9-7-15(8-10-16)11-12-20-18(22)17-6-4-5-13-21(3)19(17)23/h7-10,14,17H,4-6,11-13H2,1-3H3,(H,20,22). The fourth-order valence-electron chi connectivity index (χ4n) is 2.90. The van der Waals surface area contributed by atoms with Crippen molar-refractivity contribution in [2.75, 3.05) is 20.1 Å². The first-order valence-corrected chi connectivity index (χ1v) is 8.75. The molecule has 0 radical (unpaired) electrons. The van der Waals surface area contributed by atoms with E-state index in [4.69, 9.17) is 4.74 Å². The third-order valence-electron chi connectivity index (χ3n) is 4.24. The minimum absolute atomic E-state index is 0.0554. The molecule has 1 heterocycles. The fourth-order valence-corrected chi connectivity index (χ4v) is 2.90. The molecule has 1 aromatic carbocycles. The van der Waals surface area contributed by atoms with Gasteiger partial charge in [-0.3, -0.25) is 9.59 Å². The number of rotatable bonds is 6. The van der Waals surface area contributed by atoms with Crippen molar-refractivity contribution >= 4 is 11.8 Å². The Morgan fingerprint density at radius 3 is 2.67 bits per heavy atom. The molecular formula is C19H28N2O3. The van der Waals surface area contributed by atoms with Crippen molar-refractivity contribution < 1.29 is 14.3 Å². The molecule has 1 aliphatic rings. The van der Waals surface area contributed by atoms with Crippen molar-refractivity contribution in [2.24, 2.45) is 5.92 Å². The maximum atomic E-state index is 12.3. The molecule has 2 amide bonds. The van der Waals surface area contributed by atoms with Gasteiger partial charge in [-0.1, -0.05) is 18.6 Å². The summed E-state index contributed by atoms with van der Waals surface area (Å²) in [6.07, 6.45) is 3.44. The number of likely N-dealkylation sites (tertiary alicyclic amines) is 1. The highest BCUT2D eigenvalue weighted by molar-refractivity contribution is 6.00. The Balaban J connectivity index is 1.80. The van der Waals surface area contributed by atoms with E-state index in [1.807, 2.05) is 38.1 Å². The van der Waals surface area contributed by atoms with Crippen LogP contribution in [0.15, 0.2) is 24.3 Å². The number of amides is 2. The summed E-state index contributed by atoms with van der Waals surface area (Å²) in [5.74, 6) is 0.123. The largest absolute Gasteiger partial charge is 0.491 e. The van der Waals surface area contributed by atoms with Gasteiger partial charge in [0.2, 0.25) is 11.8 Å². The SMILES string of the molecule is CC(C)Oc1ccc(CCNC(=O)C2CCCCN(C)C2=O)cc1. The Morgan fingerprint density at radius 1 is 1.29 bits per heavy atom. The zero-order chi connectivity index (χ0) is 17.5. The number of nitrogens with zero attached hydrogens (tertiary/aromatic N) is 1. The quantitative estimate of drug-likeness (QED) is 0.814. The average molecular weight is 332 g/mol. The Hall–Kier alpha value is -2.04. The first-order chi connectivity index (χ1) is 11.5. The smallest absolute Gasteiger partial charge is 0.234 e. The molecular weight excluding hydrogens is 304 g/mol. The van der Waals surface area contributed by atoms with Gasteiger partial charge in [0.1, 0.15) is 11.7 Å². The van der Waals surface area contributed by atoms with Crippen LogP contribution in [-0.2, 0) is 16.0 Å². The van der Waals surface area contributed by atoms with Crippen LogP contribution in [0, 0.1) is 5.92 Å². The van der Waals surface area contributed by atoms with E-state index >= 15 is 0 Å². The number of nitrogens with one attached hydrogen (secondary N) is 1. The van der Waals surface area contributed by atoms with E-state index in [9.17, 15) is 9.59 Å². The van der Waals surface area contributed by atoms with E-state index in [0.717, 1.165) is 37.1 Å². The van der Waals surface area contributed by atoms with Gasteiger partial charge in [-0.15, -0.1) is 0 Å². The normalized spacial score (nSPS) is 18.4. The van der Waals surface area contributed by atoms with Crippen molar-refractivity contribution in [3.8, 4) is 5.75 Å². The van der Waals surface area contributed by atoms with Crippen LogP contribution in [-0.4, -0.2) is 43.0 Å². The molecule has 1 N–H and O–H groups in total. The molecule has 5 nitrogen and oxygen atoms in total. The van der Waals surface area contributed by atoms with E-state index in [1.54, 1.807) is 11.9 Å². The van der Waals surface area contributed by atoms with Crippen molar-refractivity contribution in [1.82, 2.24) is 10.2 Å². The minimum atomic E-state index is -0.528. The predicted molar refractivity (Wildman–Crippen MR) is 93.9 cm³/mol. The monoisotopic (exact) mass is 332 g/mol. The number of carbonyl (C=O) groups is 2. The Kier molecular flexibility index (Phi) is 6.64. The van der Waals surface area contributed by atoms with Gasteiger partial charge in [0, 0.05) is 20.1 Å². The molecule has 0 bridgehead atoms. The number of benzene rings is 1. The molecule has 0 aliphatic carbocycles. The maximum absolute atomic E-state index is 12.3. The van der Waals surface area contributed by atoms with Gasteiger partial charge in [-0.25, -0.2) is 0 Å². The van der Waals surface area contributed by atoms with Crippen LogP contribution < -0.4 is 10.1 Å². The Labute approximate surface area is 144 Å². The zero-order valence-electron chi connectivity index (χ0n) is 14.9. The second-order valence-corrected chi connectivity index (χ2v) is 6.66. The molecule has 0 aromatic heterocycles. The summed E-state index contributed by atoms with van der Waals surface area (Å²) < 4.78 is 5.61. The van der Waals surface area contributed by atoms with Crippen LogP contribution in [0.1, 0.15) is 38.7 Å². The van der Waals surface area contributed by atoms with Crippen molar-refractivity contribution in [3.63, 3.8) is 0 Å². The van der Waals surface area contributed by atoms with Crippen molar-refractivity contribution in [2.45, 2.75) is 45.6 Å². The van der Waals surface area contributed by atoms with Crippen LogP contribution >= 0.6 is 0 Å². The highest BCUT2D eigenvalue weighted by Gasteiger charge is 2.30. The molecule has 1 unspecified atom stereocenters. The molecule has 2 rings (SSSR count). The summed E-state index contributed by atoms with van der Waals surface area (Å²) >= 11 is 0.